The van der Waals surface area contributed by atoms with Crippen molar-refractivity contribution in [2.75, 3.05) is 27.4 Å². The Balaban J connectivity index is 0.00000462. The van der Waals surface area contributed by atoms with Crippen LogP contribution in [0.3, 0.4) is 0 Å². The third kappa shape index (κ3) is 8.14. The molecule has 0 saturated heterocycles. The Morgan fingerprint density at radius 1 is 0.634 bits per heavy atom. The second-order valence-electron chi connectivity index (χ2n) is 9.95. The number of methoxy groups -OCH3 is 2. The van der Waals surface area contributed by atoms with Crippen molar-refractivity contribution < 1.29 is 35.6 Å². The fraction of sp³-hybridized carbons (Fsp3) is 0.235. The van der Waals surface area contributed by atoms with Gasteiger partial charge in [-0.3, -0.25) is 9.59 Å². The molecule has 0 aliphatic heterocycles. The van der Waals surface area contributed by atoms with Crippen LogP contribution in [0.4, 0.5) is 0 Å². The molecule has 2 atom stereocenters. The van der Waals surface area contributed by atoms with E-state index in [0.29, 0.717) is 22.3 Å². The second-order valence-corrected chi connectivity index (χ2v) is 9.95. The minimum absolute atomic E-state index is 0. The number of allylic oxidation sites excluding steroid dienone is 8. The molecule has 0 bridgehead atoms. The summed E-state index contributed by atoms with van der Waals surface area (Å²) in [5.41, 5.74) is 6.38. The molecule has 0 fully saturated rings. The predicted octanol–water partition coefficient (Wildman–Crippen LogP) is 5.62. The second kappa shape index (κ2) is 15.3. The van der Waals surface area contributed by atoms with Crippen molar-refractivity contribution in [3.05, 3.63) is 142 Å². The maximum Gasteiger partial charge on any atom is 0.192 e. The van der Waals surface area contributed by atoms with Crippen molar-refractivity contribution in [1.29, 1.82) is 0 Å². The van der Waals surface area contributed by atoms with Crippen LogP contribution in [0.15, 0.2) is 131 Å². The zero-order valence-corrected chi connectivity index (χ0v) is 24.7. The first-order valence-corrected chi connectivity index (χ1v) is 13.3. The molecule has 41 heavy (non-hydrogen) atoms. The first-order valence-electron chi connectivity index (χ1n) is 13.3. The first-order chi connectivity index (χ1) is 19.4. The van der Waals surface area contributed by atoms with Crippen LogP contribution in [0, 0.1) is 0 Å². The van der Waals surface area contributed by atoms with Crippen LogP contribution in [0.2, 0.25) is 0 Å². The Hall–Kier alpha value is -3.77. The number of ether oxygens (including phenoxy) is 2. The summed E-state index contributed by atoms with van der Waals surface area (Å²) in [6.07, 6.45) is 11.0. The van der Waals surface area contributed by atoms with Gasteiger partial charge in [0.2, 0.25) is 0 Å². The van der Waals surface area contributed by atoms with Crippen molar-refractivity contribution in [2.24, 2.45) is 0 Å². The van der Waals surface area contributed by atoms with Crippen molar-refractivity contribution in [2.45, 2.75) is 25.9 Å². The number of carbonyl (C=O) groups excluding carboxylic acids is 2. The van der Waals surface area contributed by atoms with Crippen molar-refractivity contribution in [1.82, 2.24) is 10.6 Å². The van der Waals surface area contributed by atoms with Crippen LogP contribution in [-0.4, -0.2) is 39.0 Å². The van der Waals surface area contributed by atoms with E-state index in [0.717, 1.165) is 22.3 Å². The Labute approximate surface area is 252 Å². The van der Waals surface area contributed by atoms with Crippen LogP contribution in [0.1, 0.15) is 37.1 Å². The minimum Gasteiger partial charge on any atom is -0.381 e. The Morgan fingerprint density at radius 2 is 1.00 bits per heavy atom. The fourth-order valence-corrected chi connectivity index (χ4v) is 4.95. The van der Waals surface area contributed by atoms with E-state index in [2.05, 4.69) is 34.9 Å². The number of hydrogen-bond acceptors (Lipinski definition) is 6. The summed E-state index contributed by atoms with van der Waals surface area (Å²) in [7, 11) is 3.17. The van der Waals surface area contributed by atoms with Crippen LogP contribution in [0.25, 0.3) is 0 Å². The van der Waals surface area contributed by atoms with Gasteiger partial charge in [-0.15, -0.1) is 0 Å². The van der Waals surface area contributed by atoms with Crippen molar-refractivity contribution in [3.63, 3.8) is 0 Å². The molecule has 7 heteroatoms. The summed E-state index contributed by atoms with van der Waals surface area (Å²) in [4.78, 5) is 26.3. The SMILES string of the molecule is COCC1=CC(C)=CC(=CNC(c2ccccc2)C(NC=C2C=C(C)C=C(COC)C2=O)c2ccccc2)C1=O.[Ni]. The number of ketones is 2. The number of benzene rings is 2. The molecule has 2 aromatic carbocycles. The molecule has 2 unspecified atom stereocenters. The third-order valence-corrected chi connectivity index (χ3v) is 6.77. The Morgan fingerprint density at radius 3 is 1.34 bits per heavy atom. The number of hydrogen-bond donors (Lipinski definition) is 2. The molecular weight excluding hydrogens is 559 g/mol. The van der Waals surface area contributed by atoms with Gasteiger partial charge in [0.05, 0.1) is 25.3 Å². The summed E-state index contributed by atoms with van der Waals surface area (Å²) < 4.78 is 10.5. The third-order valence-electron chi connectivity index (χ3n) is 6.77. The largest absolute Gasteiger partial charge is 0.381 e. The van der Waals surface area contributed by atoms with Crippen LogP contribution < -0.4 is 10.6 Å². The normalized spacial score (nSPS) is 18.5. The van der Waals surface area contributed by atoms with Gasteiger partial charge >= 0.3 is 0 Å². The van der Waals surface area contributed by atoms with Gasteiger partial charge in [0, 0.05) is 65.4 Å². The molecule has 0 amide bonds. The van der Waals surface area contributed by atoms with E-state index in [4.69, 9.17) is 9.47 Å². The van der Waals surface area contributed by atoms with Crippen LogP contribution in [0.5, 0.6) is 0 Å². The molecule has 0 heterocycles. The summed E-state index contributed by atoms with van der Waals surface area (Å²) in [5, 5.41) is 7.07. The van der Waals surface area contributed by atoms with Crippen molar-refractivity contribution >= 4 is 11.6 Å². The van der Waals surface area contributed by atoms with E-state index in [1.807, 2.05) is 74.5 Å². The van der Waals surface area contributed by atoms with E-state index in [-0.39, 0.29) is 53.4 Å². The van der Waals surface area contributed by atoms with Gasteiger partial charge in [0.1, 0.15) is 0 Å². The van der Waals surface area contributed by atoms with Crippen molar-refractivity contribution in [3.8, 4) is 0 Å². The summed E-state index contributed by atoms with van der Waals surface area (Å²) in [5.74, 6) is -0.132. The van der Waals surface area contributed by atoms with Gasteiger partial charge in [0.15, 0.2) is 11.6 Å². The summed E-state index contributed by atoms with van der Waals surface area (Å²) in [6, 6.07) is 19.6. The van der Waals surface area contributed by atoms with Gasteiger partial charge in [-0.2, -0.15) is 0 Å². The molecule has 0 saturated carbocycles. The van der Waals surface area contributed by atoms with E-state index in [1.54, 1.807) is 26.6 Å². The first kappa shape index (κ1) is 31.8. The molecule has 4 rings (SSSR count). The molecule has 0 spiro atoms. The standard InChI is InChI=1S/C34H36N2O4.Ni/c1-23-15-27(33(37)29(17-23)21-39-3)19-35-31(25-11-7-5-8-12-25)32(26-13-9-6-10-14-26)36-20-28-16-24(2)18-30(22-40-4)34(28)38;/h5-20,31-32,35-36H,21-22H2,1-4H3;. The zero-order chi connectivity index (χ0) is 28.5. The fourth-order valence-electron chi connectivity index (χ4n) is 4.95. The molecule has 2 N–H and O–H groups in total. The monoisotopic (exact) mass is 594 g/mol. The molecule has 6 nitrogen and oxygen atoms in total. The molecule has 2 aliphatic rings. The molecule has 216 valence electrons. The molecule has 2 aliphatic carbocycles. The van der Waals surface area contributed by atoms with Gasteiger partial charge in [-0.25, -0.2) is 0 Å². The average Bonchev–Trinajstić information content (AvgIpc) is 2.96. The Bertz CT molecular complexity index is 1310. The number of Topliss-reactive ketones (excluding diaryl/α,β-unsaturated/α-hetero) is 2. The summed E-state index contributed by atoms with van der Waals surface area (Å²) in [6.45, 7) is 4.44. The van der Waals surface area contributed by atoms with E-state index < -0.39 is 0 Å². The topological polar surface area (TPSA) is 76.7 Å². The molecular formula is C34H36N2NiO4. The van der Waals surface area contributed by atoms with E-state index in [9.17, 15) is 9.59 Å². The van der Waals surface area contributed by atoms with E-state index in [1.165, 1.54) is 0 Å². The Kier molecular flexibility index (Phi) is 11.8. The van der Waals surface area contributed by atoms with Gasteiger partial charge < -0.3 is 20.1 Å². The molecule has 0 aromatic heterocycles. The number of carbonyl (C=O) groups is 2. The van der Waals surface area contributed by atoms with Crippen LogP contribution in [-0.2, 0) is 35.6 Å². The predicted molar refractivity (Wildman–Crippen MR) is 158 cm³/mol. The molecule has 2 aromatic rings. The number of rotatable bonds is 11. The maximum atomic E-state index is 13.1. The van der Waals surface area contributed by atoms with Crippen LogP contribution >= 0.6 is 0 Å². The average molecular weight is 595 g/mol. The molecule has 0 radical (unpaired) electrons. The quantitative estimate of drug-likeness (QED) is 0.260. The van der Waals surface area contributed by atoms with Gasteiger partial charge in [0.25, 0.3) is 0 Å². The summed E-state index contributed by atoms with van der Waals surface area (Å²) >= 11 is 0. The zero-order valence-electron chi connectivity index (χ0n) is 23.8. The van der Waals surface area contributed by atoms with Gasteiger partial charge in [-0.1, -0.05) is 60.7 Å². The number of nitrogens with one attached hydrogen (secondary N) is 2. The van der Waals surface area contributed by atoms with E-state index >= 15 is 0 Å². The van der Waals surface area contributed by atoms with Gasteiger partial charge in [-0.05, 0) is 60.4 Å². The maximum absolute atomic E-state index is 13.1. The smallest absolute Gasteiger partial charge is 0.192 e. The minimum atomic E-state index is -0.274.